The van der Waals surface area contributed by atoms with Gasteiger partial charge in [0.1, 0.15) is 0 Å². The molecule has 1 aromatic carbocycles. The first-order valence-corrected chi connectivity index (χ1v) is 8.64. The van der Waals surface area contributed by atoms with Crippen molar-refractivity contribution in [3.05, 3.63) is 17.7 Å². The summed E-state index contributed by atoms with van der Waals surface area (Å²) in [6, 6.07) is 3.93. The van der Waals surface area contributed by atoms with E-state index in [0.717, 1.165) is 18.5 Å². The monoisotopic (exact) mass is 350 g/mol. The average molecular weight is 350 g/mol. The lowest BCUT2D eigenvalue weighted by atomic mass is 9.79. The van der Waals surface area contributed by atoms with Crippen molar-refractivity contribution < 1.29 is 19.0 Å². The van der Waals surface area contributed by atoms with Crippen LogP contribution in [0, 0.1) is 5.41 Å². The Labute approximate surface area is 150 Å². The molecule has 1 atom stereocenters. The maximum atomic E-state index is 12.6. The highest BCUT2D eigenvalue weighted by molar-refractivity contribution is 5.76. The van der Waals surface area contributed by atoms with E-state index in [4.69, 9.17) is 19.9 Å². The van der Waals surface area contributed by atoms with Crippen molar-refractivity contribution in [1.29, 1.82) is 0 Å². The Morgan fingerprint density at radius 1 is 1.20 bits per heavy atom. The van der Waals surface area contributed by atoms with Crippen LogP contribution in [-0.4, -0.2) is 51.3 Å². The van der Waals surface area contributed by atoms with Gasteiger partial charge in [-0.3, -0.25) is 4.79 Å². The van der Waals surface area contributed by atoms with E-state index < -0.39 is 0 Å². The van der Waals surface area contributed by atoms with Gasteiger partial charge in [-0.15, -0.1) is 0 Å². The molecule has 1 amide bonds. The molecule has 1 aromatic rings. The molecule has 6 heteroatoms. The molecule has 6 nitrogen and oxygen atoms in total. The second kappa shape index (κ2) is 7.95. The van der Waals surface area contributed by atoms with E-state index in [0.29, 0.717) is 36.6 Å². The molecule has 1 heterocycles. The SMILES string of the molecule is COc1cc(CCC(=O)N2CCC(N)C(C)(C)C2)cc(OC)c1OC. The quantitative estimate of drug-likeness (QED) is 0.852. The molecule has 25 heavy (non-hydrogen) atoms. The molecule has 0 aromatic heterocycles. The molecule has 1 unspecified atom stereocenters. The van der Waals surface area contributed by atoms with E-state index >= 15 is 0 Å². The van der Waals surface area contributed by atoms with Gasteiger partial charge < -0.3 is 24.8 Å². The van der Waals surface area contributed by atoms with E-state index in [2.05, 4.69) is 13.8 Å². The number of hydrogen-bond acceptors (Lipinski definition) is 5. The molecular weight excluding hydrogens is 320 g/mol. The first-order chi connectivity index (χ1) is 11.8. The van der Waals surface area contributed by atoms with Crippen LogP contribution in [0.2, 0.25) is 0 Å². The van der Waals surface area contributed by atoms with Gasteiger partial charge in [0.2, 0.25) is 11.7 Å². The van der Waals surface area contributed by atoms with Gasteiger partial charge in [0.05, 0.1) is 21.3 Å². The Hall–Kier alpha value is -1.95. The summed E-state index contributed by atoms with van der Waals surface area (Å²) in [4.78, 5) is 14.5. The molecule has 0 bridgehead atoms. The molecule has 2 rings (SSSR count). The van der Waals surface area contributed by atoms with Crippen molar-refractivity contribution in [2.75, 3.05) is 34.4 Å². The summed E-state index contributed by atoms with van der Waals surface area (Å²) in [6.07, 6.45) is 1.92. The molecular formula is C19H30N2O4. The molecule has 140 valence electrons. The second-order valence-electron chi connectivity index (χ2n) is 7.23. The number of amides is 1. The van der Waals surface area contributed by atoms with Crippen molar-refractivity contribution in [1.82, 2.24) is 4.90 Å². The molecule has 0 spiro atoms. The normalized spacial score (nSPS) is 19.4. The van der Waals surface area contributed by atoms with Crippen LogP contribution >= 0.6 is 0 Å². The van der Waals surface area contributed by atoms with Gasteiger partial charge in [0.25, 0.3) is 0 Å². The van der Waals surface area contributed by atoms with Gasteiger partial charge in [0, 0.05) is 25.6 Å². The Kier molecular flexibility index (Phi) is 6.16. The molecule has 1 aliphatic heterocycles. The predicted molar refractivity (Wildman–Crippen MR) is 97.4 cm³/mol. The smallest absolute Gasteiger partial charge is 0.222 e. The number of likely N-dealkylation sites (tertiary alicyclic amines) is 1. The van der Waals surface area contributed by atoms with Gasteiger partial charge in [-0.1, -0.05) is 13.8 Å². The third kappa shape index (κ3) is 4.37. The molecule has 1 saturated heterocycles. The van der Waals surface area contributed by atoms with Gasteiger partial charge in [0.15, 0.2) is 11.5 Å². The number of carbonyl (C=O) groups excluding carboxylic acids is 1. The van der Waals surface area contributed by atoms with Crippen LogP contribution in [-0.2, 0) is 11.2 Å². The molecule has 1 fully saturated rings. The highest BCUT2D eigenvalue weighted by atomic mass is 16.5. The summed E-state index contributed by atoms with van der Waals surface area (Å²) < 4.78 is 16.1. The molecule has 0 aliphatic carbocycles. The summed E-state index contributed by atoms with van der Waals surface area (Å²) in [5.41, 5.74) is 7.09. The molecule has 1 aliphatic rings. The third-order valence-electron chi connectivity index (χ3n) is 5.02. The first-order valence-electron chi connectivity index (χ1n) is 8.64. The Bertz CT molecular complexity index is 590. The second-order valence-corrected chi connectivity index (χ2v) is 7.23. The van der Waals surface area contributed by atoms with Crippen molar-refractivity contribution >= 4 is 5.91 Å². The van der Waals surface area contributed by atoms with Crippen LogP contribution in [0.25, 0.3) is 0 Å². The average Bonchev–Trinajstić information content (AvgIpc) is 2.60. The highest BCUT2D eigenvalue weighted by Crippen LogP contribution is 2.38. The summed E-state index contributed by atoms with van der Waals surface area (Å²) in [5.74, 6) is 1.93. The molecule has 2 N–H and O–H groups in total. The molecule has 0 radical (unpaired) electrons. The van der Waals surface area contributed by atoms with Crippen LogP contribution in [0.4, 0.5) is 0 Å². The first kappa shape index (κ1) is 19.4. The zero-order valence-electron chi connectivity index (χ0n) is 15.9. The maximum absolute atomic E-state index is 12.6. The lowest BCUT2D eigenvalue weighted by molar-refractivity contribution is -0.134. The predicted octanol–water partition coefficient (Wildman–Crippen LogP) is 2.23. The van der Waals surface area contributed by atoms with Crippen LogP contribution in [0.5, 0.6) is 17.2 Å². The number of rotatable bonds is 6. The standard InChI is InChI=1S/C19H30N2O4/c1-19(2)12-21(9-8-16(19)20)17(22)7-6-13-10-14(23-3)18(25-5)15(11-13)24-4/h10-11,16H,6-9,12,20H2,1-5H3. The fourth-order valence-corrected chi connectivity index (χ4v) is 3.28. The van der Waals surface area contributed by atoms with Crippen LogP contribution in [0.1, 0.15) is 32.3 Å². The summed E-state index contributed by atoms with van der Waals surface area (Å²) in [6.45, 7) is 5.69. The Morgan fingerprint density at radius 2 is 1.80 bits per heavy atom. The lowest BCUT2D eigenvalue weighted by Crippen LogP contribution is -2.54. The number of nitrogens with two attached hydrogens (primary N) is 1. The fraction of sp³-hybridized carbons (Fsp3) is 0.632. The van der Waals surface area contributed by atoms with Gasteiger partial charge in [-0.25, -0.2) is 0 Å². The maximum Gasteiger partial charge on any atom is 0.222 e. The topological polar surface area (TPSA) is 74.0 Å². The minimum absolute atomic E-state index is 0.0412. The van der Waals surface area contributed by atoms with E-state index in [1.807, 2.05) is 17.0 Å². The number of methoxy groups -OCH3 is 3. The van der Waals surface area contributed by atoms with Crippen molar-refractivity contribution in [2.24, 2.45) is 11.1 Å². The zero-order chi connectivity index (χ0) is 18.6. The van der Waals surface area contributed by atoms with Crippen LogP contribution in [0.3, 0.4) is 0 Å². The van der Waals surface area contributed by atoms with Crippen molar-refractivity contribution in [2.45, 2.75) is 39.2 Å². The Balaban J connectivity index is 2.04. The van der Waals surface area contributed by atoms with Crippen molar-refractivity contribution in [3.8, 4) is 17.2 Å². The number of hydrogen-bond donors (Lipinski definition) is 1. The largest absolute Gasteiger partial charge is 0.493 e. The third-order valence-corrected chi connectivity index (χ3v) is 5.02. The van der Waals surface area contributed by atoms with E-state index in [-0.39, 0.29) is 17.4 Å². The summed E-state index contributed by atoms with van der Waals surface area (Å²) in [5, 5.41) is 0. The summed E-state index contributed by atoms with van der Waals surface area (Å²) in [7, 11) is 4.75. The van der Waals surface area contributed by atoms with Crippen LogP contribution < -0.4 is 19.9 Å². The fourth-order valence-electron chi connectivity index (χ4n) is 3.28. The number of ether oxygens (including phenoxy) is 3. The van der Waals surface area contributed by atoms with Crippen LogP contribution in [0.15, 0.2) is 12.1 Å². The number of piperidine rings is 1. The van der Waals surface area contributed by atoms with Crippen molar-refractivity contribution in [3.63, 3.8) is 0 Å². The van der Waals surface area contributed by atoms with E-state index in [1.54, 1.807) is 21.3 Å². The zero-order valence-corrected chi connectivity index (χ0v) is 15.9. The summed E-state index contributed by atoms with van der Waals surface area (Å²) >= 11 is 0. The Morgan fingerprint density at radius 3 is 2.28 bits per heavy atom. The minimum atomic E-state index is -0.0412. The lowest BCUT2D eigenvalue weighted by Gasteiger charge is -2.42. The van der Waals surface area contributed by atoms with Gasteiger partial charge >= 0.3 is 0 Å². The number of carbonyl (C=O) groups is 1. The number of benzene rings is 1. The highest BCUT2D eigenvalue weighted by Gasteiger charge is 2.35. The van der Waals surface area contributed by atoms with Gasteiger partial charge in [-0.05, 0) is 36.0 Å². The molecule has 0 saturated carbocycles. The number of aryl methyl sites for hydroxylation is 1. The van der Waals surface area contributed by atoms with E-state index in [9.17, 15) is 4.79 Å². The number of nitrogens with zero attached hydrogens (tertiary/aromatic N) is 1. The van der Waals surface area contributed by atoms with Gasteiger partial charge in [-0.2, -0.15) is 0 Å². The van der Waals surface area contributed by atoms with E-state index in [1.165, 1.54) is 0 Å². The minimum Gasteiger partial charge on any atom is -0.493 e.